The maximum absolute atomic E-state index is 11.4. The van der Waals surface area contributed by atoms with E-state index in [0.29, 0.717) is 12.8 Å². The van der Waals surface area contributed by atoms with Crippen molar-refractivity contribution in [2.75, 3.05) is 18.1 Å². The Morgan fingerprint density at radius 2 is 1.94 bits per heavy atom. The first-order valence-electron chi connectivity index (χ1n) is 5.73. The second-order valence-corrected chi connectivity index (χ2v) is 6.31. The minimum Gasteiger partial charge on any atom is -0.480 e. The minimum atomic E-state index is -3.37. The van der Waals surface area contributed by atoms with Gasteiger partial charge >= 0.3 is 5.97 Å². The molecule has 0 aromatic carbocycles. The third-order valence-corrected chi connectivity index (χ3v) is 3.99. The van der Waals surface area contributed by atoms with Crippen LogP contribution in [0.2, 0.25) is 0 Å². The molecule has 106 valence electrons. The first-order valence-corrected chi connectivity index (χ1v) is 7.55. The Hall–Kier alpha value is -1.15. The largest absolute Gasteiger partial charge is 0.480 e. The highest BCUT2D eigenvalue weighted by atomic mass is 32.2. The van der Waals surface area contributed by atoms with Gasteiger partial charge in [0, 0.05) is 13.0 Å². The van der Waals surface area contributed by atoms with Crippen molar-refractivity contribution in [2.45, 2.75) is 32.2 Å². The highest BCUT2D eigenvalue weighted by Crippen LogP contribution is 1.98. The molecule has 0 radical (unpaired) electrons. The third-order valence-electron chi connectivity index (χ3n) is 2.34. The van der Waals surface area contributed by atoms with Gasteiger partial charge in [-0.3, -0.25) is 9.59 Å². The number of carbonyl (C=O) groups excluding carboxylic acids is 1. The Morgan fingerprint density at radius 1 is 1.33 bits per heavy atom. The number of nitrogens with two attached hydrogens (primary N) is 1. The summed E-state index contributed by atoms with van der Waals surface area (Å²) in [6.07, 6.45) is 0.925. The van der Waals surface area contributed by atoms with Gasteiger partial charge in [0.05, 0.1) is 11.5 Å². The number of hydrogen-bond donors (Lipinski definition) is 3. The topological polar surface area (TPSA) is 127 Å². The van der Waals surface area contributed by atoms with Crippen LogP contribution in [0.3, 0.4) is 0 Å². The zero-order valence-electron chi connectivity index (χ0n) is 10.4. The van der Waals surface area contributed by atoms with Gasteiger partial charge in [0.1, 0.15) is 6.04 Å². The molecule has 0 rings (SSSR count). The SMILES string of the molecule is CCCC(NCCS(=O)(=O)CCC(N)=O)C(=O)O. The third kappa shape index (κ3) is 8.02. The molecule has 7 nitrogen and oxygen atoms in total. The van der Waals surface area contributed by atoms with Crippen molar-refractivity contribution < 1.29 is 23.1 Å². The normalized spacial score (nSPS) is 13.2. The van der Waals surface area contributed by atoms with Gasteiger partial charge in [-0.25, -0.2) is 8.42 Å². The van der Waals surface area contributed by atoms with Gasteiger partial charge in [-0.1, -0.05) is 13.3 Å². The molecule has 0 saturated carbocycles. The summed E-state index contributed by atoms with van der Waals surface area (Å²) in [5.41, 5.74) is 4.86. The predicted octanol–water partition coefficient (Wildman–Crippen LogP) is -0.880. The first kappa shape index (κ1) is 16.9. The summed E-state index contributed by atoms with van der Waals surface area (Å²) < 4.78 is 22.9. The van der Waals surface area contributed by atoms with Crippen LogP contribution >= 0.6 is 0 Å². The molecule has 0 aliphatic carbocycles. The van der Waals surface area contributed by atoms with E-state index in [1.165, 1.54) is 0 Å². The number of carboxylic acids is 1. The Labute approximate surface area is 107 Å². The molecule has 0 aliphatic heterocycles. The summed E-state index contributed by atoms with van der Waals surface area (Å²) in [6, 6.07) is -0.735. The van der Waals surface area contributed by atoms with E-state index in [2.05, 4.69) is 5.32 Å². The van der Waals surface area contributed by atoms with E-state index in [9.17, 15) is 18.0 Å². The van der Waals surface area contributed by atoms with E-state index in [0.717, 1.165) is 0 Å². The van der Waals surface area contributed by atoms with Crippen molar-refractivity contribution in [2.24, 2.45) is 5.73 Å². The Balaban J connectivity index is 4.08. The van der Waals surface area contributed by atoms with Crippen LogP contribution < -0.4 is 11.1 Å². The molecule has 1 atom stereocenters. The molecule has 4 N–H and O–H groups in total. The Morgan fingerprint density at radius 3 is 2.39 bits per heavy atom. The number of carbonyl (C=O) groups is 2. The van der Waals surface area contributed by atoms with Crippen LogP contribution in [0, 0.1) is 0 Å². The highest BCUT2D eigenvalue weighted by Gasteiger charge is 2.17. The van der Waals surface area contributed by atoms with Crippen molar-refractivity contribution in [1.82, 2.24) is 5.32 Å². The number of nitrogens with one attached hydrogen (secondary N) is 1. The molecular formula is C10H20N2O5S. The number of carboxylic acid groups (broad SMARTS) is 1. The molecule has 0 aliphatic rings. The van der Waals surface area contributed by atoms with E-state index in [1.807, 2.05) is 6.92 Å². The van der Waals surface area contributed by atoms with Crippen LogP contribution in [-0.2, 0) is 19.4 Å². The van der Waals surface area contributed by atoms with Gasteiger partial charge in [0.2, 0.25) is 5.91 Å². The van der Waals surface area contributed by atoms with Crippen LogP contribution in [0.1, 0.15) is 26.2 Å². The lowest BCUT2D eigenvalue weighted by molar-refractivity contribution is -0.139. The van der Waals surface area contributed by atoms with Crippen LogP contribution in [-0.4, -0.2) is 49.5 Å². The van der Waals surface area contributed by atoms with E-state index in [1.54, 1.807) is 0 Å². The van der Waals surface area contributed by atoms with Crippen LogP contribution in [0.4, 0.5) is 0 Å². The van der Waals surface area contributed by atoms with Gasteiger partial charge in [-0.15, -0.1) is 0 Å². The summed E-state index contributed by atoms with van der Waals surface area (Å²) in [5, 5.41) is 11.5. The molecule has 0 aromatic heterocycles. The number of primary amides is 1. The van der Waals surface area contributed by atoms with Crippen LogP contribution in [0.25, 0.3) is 0 Å². The van der Waals surface area contributed by atoms with Crippen molar-refractivity contribution >= 4 is 21.7 Å². The number of amides is 1. The maximum Gasteiger partial charge on any atom is 0.320 e. The highest BCUT2D eigenvalue weighted by molar-refractivity contribution is 7.91. The lowest BCUT2D eigenvalue weighted by Crippen LogP contribution is -2.39. The first-order chi connectivity index (χ1) is 8.28. The second-order valence-electron chi connectivity index (χ2n) is 4.00. The van der Waals surface area contributed by atoms with Gasteiger partial charge < -0.3 is 16.2 Å². The molecule has 0 bridgehead atoms. The van der Waals surface area contributed by atoms with E-state index < -0.39 is 27.8 Å². The minimum absolute atomic E-state index is 0.0536. The fraction of sp³-hybridized carbons (Fsp3) is 0.800. The van der Waals surface area contributed by atoms with Crippen molar-refractivity contribution in [3.05, 3.63) is 0 Å². The fourth-order valence-electron chi connectivity index (χ4n) is 1.35. The smallest absolute Gasteiger partial charge is 0.320 e. The molecule has 1 amide bonds. The molecule has 0 aromatic rings. The van der Waals surface area contributed by atoms with Crippen molar-refractivity contribution in [1.29, 1.82) is 0 Å². The predicted molar refractivity (Wildman–Crippen MR) is 66.8 cm³/mol. The number of sulfone groups is 1. The van der Waals surface area contributed by atoms with Gasteiger partial charge in [0.25, 0.3) is 0 Å². The number of hydrogen-bond acceptors (Lipinski definition) is 5. The second kappa shape index (κ2) is 8.04. The molecule has 1 unspecified atom stereocenters. The lowest BCUT2D eigenvalue weighted by Gasteiger charge is -2.13. The fourth-order valence-corrected chi connectivity index (χ4v) is 2.49. The van der Waals surface area contributed by atoms with Crippen molar-refractivity contribution in [3.8, 4) is 0 Å². The molecule has 0 heterocycles. The maximum atomic E-state index is 11.4. The summed E-state index contributed by atoms with van der Waals surface area (Å²) in [5.74, 6) is -2.16. The van der Waals surface area contributed by atoms with E-state index in [4.69, 9.17) is 10.8 Å². The van der Waals surface area contributed by atoms with Gasteiger partial charge in [0.15, 0.2) is 9.84 Å². The van der Waals surface area contributed by atoms with E-state index in [-0.39, 0.29) is 24.5 Å². The van der Waals surface area contributed by atoms with Gasteiger partial charge in [-0.05, 0) is 6.42 Å². The summed E-state index contributed by atoms with van der Waals surface area (Å²) in [4.78, 5) is 21.3. The average molecular weight is 280 g/mol. The summed E-state index contributed by atoms with van der Waals surface area (Å²) in [6.45, 7) is 1.90. The standard InChI is InChI=1S/C10H20N2O5S/c1-2-3-8(10(14)15)12-5-7-18(16,17)6-4-9(11)13/h8,12H,2-7H2,1H3,(H2,11,13)(H,14,15). The molecule has 0 saturated heterocycles. The zero-order chi connectivity index (χ0) is 14.2. The lowest BCUT2D eigenvalue weighted by atomic mass is 10.2. The molecule has 0 fully saturated rings. The number of rotatable bonds is 10. The zero-order valence-corrected chi connectivity index (χ0v) is 11.2. The summed E-state index contributed by atoms with van der Waals surface area (Å²) in [7, 11) is -3.37. The average Bonchev–Trinajstić information content (AvgIpc) is 2.25. The van der Waals surface area contributed by atoms with Crippen molar-refractivity contribution in [3.63, 3.8) is 0 Å². The monoisotopic (exact) mass is 280 g/mol. The van der Waals surface area contributed by atoms with Gasteiger partial charge in [-0.2, -0.15) is 0 Å². The Bertz CT molecular complexity index is 380. The molecular weight excluding hydrogens is 260 g/mol. The van der Waals surface area contributed by atoms with Crippen LogP contribution in [0.5, 0.6) is 0 Å². The molecule has 8 heteroatoms. The summed E-state index contributed by atoms with van der Waals surface area (Å²) >= 11 is 0. The van der Waals surface area contributed by atoms with E-state index >= 15 is 0 Å². The Kier molecular flexibility index (Phi) is 7.53. The number of aliphatic carboxylic acids is 1. The van der Waals surface area contributed by atoms with Crippen LogP contribution in [0.15, 0.2) is 0 Å². The molecule has 0 spiro atoms. The quantitative estimate of drug-likeness (QED) is 0.477. The molecule has 18 heavy (non-hydrogen) atoms.